The van der Waals surface area contributed by atoms with Crippen LogP contribution < -0.4 is 0 Å². The fourth-order valence-corrected chi connectivity index (χ4v) is 3.00. The average Bonchev–Trinajstić information content (AvgIpc) is 2.39. The molecule has 2 heteroatoms. The van der Waals surface area contributed by atoms with Gasteiger partial charge in [-0.15, -0.1) is 0 Å². The lowest BCUT2D eigenvalue weighted by Gasteiger charge is -2.22. The molecule has 0 spiro atoms. The summed E-state index contributed by atoms with van der Waals surface area (Å²) in [5.41, 5.74) is 2.31. The lowest BCUT2D eigenvalue weighted by molar-refractivity contribution is -0.121. The molecule has 0 radical (unpaired) electrons. The number of carbonyl (C=O) groups is 1. The van der Waals surface area contributed by atoms with Crippen LogP contribution in [0.15, 0.2) is 18.2 Å². The summed E-state index contributed by atoms with van der Waals surface area (Å²) in [7, 11) is 0. The van der Waals surface area contributed by atoms with Crippen molar-refractivity contribution in [3.05, 3.63) is 34.3 Å². The first-order chi connectivity index (χ1) is 8.63. The Morgan fingerprint density at radius 3 is 2.78 bits per heavy atom. The molecule has 1 fully saturated rings. The highest BCUT2D eigenvalue weighted by molar-refractivity contribution is 6.31. The van der Waals surface area contributed by atoms with E-state index >= 15 is 0 Å². The van der Waals surface area contributed by atoms with Crippen LogP contribution in [0.25, 0.3) is 0 Å². The van der Waals surface area contributed by atoms with Gasteiger partial charge < -0.3 is 0 Å². The van der Waals surface area contributed by atoms with Gasteiger partial charge in [0.15, 0.2) is 0 Å². The van der Waals surface area contributed by atoms with Crippen molar-refractivity contribution < 1.29 is 4.79 Å². The van der Waals surface area contributed by atoms with E-state index in [1.54, 1.807) is 0 Å². The predicted octanol–water partition coefficient (Wildman–Crippen LogP) is 5.08. The number of benzene rings is 1. The normalized spacial score (nSPS) is 21.9. The standard InChI is InChI=1S/C16H21ClO/c1-3-11(2)12-8-9-13(15(17)10-12)14-6-4-5-7-16(14)18/h8-11,14H,3-7H2,1-2H3. The highest BCUT2D eigenvalue weighted by Gasteiger charge is 2.25. The van der Waals surface area contributed by atoms with Gasteiger partial charge in [-0.25, -0.2) is 0 Å². The second-order valence-electron chi connectivity index (χ2n) is 5.35. The molecular formula is C16H21ClO. The molecule has 0 saturated heterocycles. The van der Waals surface area contributed by atoms with Gasteiger partial charge in [-0.3, -0.25) is 4.79 Å². The number of hydrogen-bond donors (Lipinski definition) is 0. The van der Waals surface area contributed by atoms with Gasteiger partial charge in [0.25, 0.3) is 0 Å². The Labute approximate surface area is 115 Å². The number of carbonyl (C=O) groups excluding carboxylic acids is 1. The highest BCUT2D eigenvalue weighted by atomic mass is 35.5. The Kier molecular flexibility index (Phi) is 4.45. The maximum absolute atomic E-state index is 12.0. The molecule has 1 aliphatic carbocycles. The first-order valence-corrected chi connectivity index (χ1v) is 7.33. The van der Waals surface area contributed by atoms with Crippen LogP contribution in [-0.2, 0) is 4.79 Å². The van der Waals surface area contributed by atoms with Crippen LogP contribution in [0.1, 0.15) is 68.9 Å². The van der Waals surface area contributed by atoms with Gasteiger partial charge in [-0.2, -0.15) is 0 Å². The van der Waals surface area contributed by atoms with E-state index in [9.17, 15) is 4.79 Å². The van der Waals surface area contributed by atoms with Crippen molar-refractivity contribution >= 4 is 17.4 Å². The van der Waals surface area contributed by atoms with Gasteiger partial charge >= 0.3 is 0 Å². The summed E-state index contributed by atoms with van der Waals surface area (Å²) in [6.45, 7) is 4.38. The maximum Gasteiger partial charge on any atom is 0.140 e. The molecular weight excluding hydrogens is 244 g/mol. The molecule has 0 heterocycles. The third-order valence-electron chi connectivity index (χ3n) is 4.14. The molecule has 98 valence electrons. The summed E-state index contributed by atoms with van der Waals surface area (Å²) >= 11 is 6.38. The molecule has 2 atom stereocenters. The van der Waals surface area contributed by atoms with Crippen LogP contribution in [0.2, 0.25) is 5.02 Å². The smallest absolute Gasteiger partial charge is 0.140 e. The fraction of sp³-hybridized carbons (Fsp3) is 0.562. The first kappa shape index (κ1) is 13.6. The van der Waals surface area contributed by atoms with Gasteiger partial charge in [0.1, 0.15) is 5.78 Å². The number of rotatable bonds is 3. The lowest BCUT2D eigenvalue weighted by atomic mass is 9.82. The minimum atomic E-state index is 0.0391. The van der Waals surface area contributed by atoms with Gasteiger partial charge in [-0.1, -0.05) is 44.0 Å². The molecule has 2 rings (SSSR count). The third-order valence-corrected chi connectivity index (χ3v) is 4.46. The van der Waals surface area contributed by atoms with Crippen molar-refractivity contribution in [2.75, 3.05) is 0 Å². The molecule has 1 aromatic rings. The maximum atomic E-state index is 12.0. The number of hydrogen-bond acceptors (Lipinski definition) is 1. The monoisotopic (exact) mass is 264 g/mol. The van der Waals surface area contributed by atoms with Crippen LogP contribution >= 0.6 is 11.6 Å². The Morgan fingerprint density at radius 2 is 2.17 bits per heavy atom. The summed E-state index contributed by atoms with van der Waals surface area (Å²) in [6.07, 6.45) is 4.96. The molecule has 0 aromatic heterocycles. The molecule has 2 unspecified atom stereocenters. The summed E-state index contributed by atoms with van der Waals surface area (Å²) in [5, 5.41) is 0.771. The molecule has 1 nitrogen and oxygen atoms in total. The van der Waals surface area contributed by atoms with E-state index in [0.717, 1.165) is 36.3 Å². The first-order valence-electron chi connectivity index (χ1n) is 6.95. The fourth-order valence-electron chi connectivity index (χ4n) is 2.68. The quantitative estimate of drug-likeness (QED) is 0.744. The van der Waals surface area contributed by atoms with E-state index in [-0.39, 0.29) is 5.92 Å². The van der Waals surface area contributed by atoms with Crippen molar-refractivity contribution in [3.63, 3.8) is 0 Å². The highest BCUT2D eigenvalue weighted by Crippen LogP contribution is 2.35. The number of ketones is 1. The van der Waals surface area contributed by atoms with Crippen molar-refractivity contribution in [1.29, 1.82) is 0 Å². The van der Waals surface area contributed by atoms with Gasteiger partial charge in [-0.05, 0) is 42.4 Å². The summed E-state index contributed by atoms with van der Waals surface area (Å²) in [6, 6.07) is 6.25. The van der Waals surface area contributed by atoms with Crippen molar-refractivity contribution in [3.8, 4) is 0 Å². The van der Waals surface area contributed by atoms with E-state index in [1.165, 1.54) is 5.56 Å². The molecule has 1 aliphatic rings. The number of halogens is 1. The van der Waals surface area contributed by atoms with Crippen molar-refractivity contribution in [2.45, 2.75) is 57.8 Å². The molecule has 0 amide bonds. The topological polar surface area (TPSA) is 17.1 Å². The van der Waals surface area contributed by atoms with Gasteiger partial charge in [0.05, 0.1) is 0 Å². The second-order valence-corrected chi connectivity index (χ2v) is 5.76. The van der Waals surface area contributed by atoms with Crippen LogP contribution in [-0.4, -0.2) is 5.78 Å². The van der Waals surface area contributed by atoms with E-state index in [2.05, 4.69) is 26.0 Å². The molecule has 0 bridgehead atoms. The molecule has 1 saturated carbocycles. The van der Waals surface area contributed by atoms with E-state index in [4.69, 9.17) is 11.6 Å². The summed E-state index contributed by atoms with van der Waals surface area (Å²) in [4.78, 5) is 12.0. The Balaban J connectivity index is 2.26. The van der Waals surface area contributed by atoms with Crippen LogP contribution in [0.5, 0.6) is 0 Å². The van der Waals surface area contributed by atoms with E-state index in [1.807, 2.05) is 6.07 Å². The zero-order valence-electron chi connectivity index (χ0n) is 11.2. The minimum absolute atomic E-state index is 0.0391. The Bertz CT molecular complexity index is 439. The zero-order chi connectivity index (χ0) is 13.1. The lowest BCUT2D eigenvalue weighted by Crippen LogP contribution is -2.17. The largest absolute Gasteiger partial charge is 0.299 e. The second kappa shape index (κ2) is 5.88. The Morgan fingerprint density at radius 1 is 1.39 bits per heavy atom. The third kappa shape index (κ3) is 2.77. The zero-order valence-corrected chi connectivity index (χ0v) is 12.0. The predicted molar refractivity (Wildman–Crippen MR) is 76.4 cm³/mol. The van der Waals surface area contributed by atoms with Crippen LogP contribution in [0, 0.1) is 0 Å². The summed E-state index contributed by atoms with van der Waals surface area (Å²) in [5.74, 6) is 0.926. The van der Waals surface area contributed by atoms with Crippen LogP contribution in [0.3, 0.4) is 0 Å². The van der Waals surface area contributed by atoms with E-state index < -0.39 is 0 Å². The van der Waals surface area contributed by atoms with Crippen LogP contribution in [0.4, 0.5) is 0 Å². The Hall–Kier alpha value is -0.820. The molecule has 0 N–H and O–H groups in total. The number of Topliss-reactive ketones (excluding diaryl/α,β-unsaturated/α-hetero) is 1. The molecule has 18 heavy (non-hydrogen) atoms. The molecule has 0 aliphatic heterocycles. The minimum Gasteiger partial charge on any atom is -0.299 e. The van der Waals surface area contributed by atoms with Crippen molar-refractivity contribution in [2.24, 2.45) is 0 Å². The van der Waals surface area contributed by atoms with Gasteiger partial charge in [0.2, 0.25) is 0 Å². The van der Waals surface area contributed by atoms with Crippen molar-refractivity contribution in [1.82, 2.24) is 0 Å². The summed E-state index contributed by atoms with van der Waals surface area (Å²) < 4.78 is 0. The van der Waals surface area contributed by atoms with E-state index in [0.29, 0.717) is 18.1 Å². The SMILES string of the molecule is CCC(C)c1ccc(C2CCCCC2=O)c(Cl)c1. The average molecular weight is 265 g/mol. The molecule has 1 aromatic carbocycles. The van der Waals surface area contributed by atoms with Gasteiger partial charge in [0, 0.05) is 17.4 Å².